The Kier molecular flexibility index (Phi) is 5.30. The summed E-state index contributed by atoms with van der Waals surface area (Å²) in [6.45, 7) is 2.00. The summed E-state index contributed by atoms with van der Waals surface area (Å²) in [5, 5.41) is 11.4. The van der Waals surface area contributed by atoms with Crippen molar-refractivity contribution in [3.05, 3.63) is 53.3 Å². The number of halogens is 1. The van der Waals surface area contributed by atoms with Crippen molar-refractivity contribution >= 4 is 29.2 Å². The largest absolute Gasteiger partial charge is 0.495 e. The average molecular weight is 386 g/mol. The van der Waals surface area contributed by atoms with Gasteiger partial charge in [0.2, 0.25) is 11.8 Å². The smallest absolute Gasteiger partial charge is 0.335 e. The van der Waals surface area contributed by atoms with E-state index >= 15 is 0 Å². The van der Waals surface area contributed by atoms with Gasteiger partial charge in [-0.1, -0.05) is 6.07 Å². The molecule has 28 heavy (non-hydrogen) atoms. The molecule has 7 nitrogen and oxygen atoms in total. The maximum Gasteiger partial charge on any atom is 0.335 e. The zero-order chi connectivity index (χ0) is 20.4. The molecule has 2 N–H and O–H groups in total. The van der Waals surface area contributed by atoms with E-state index in [2.05, 4.69) is 5.32 Å². The normalized spacial score (nSPS) is 16.2. The topological polar surface area (TPSA) is 95.9 Å². The molecule has 1 aliphatic rings. The van der Waals surface area contributed by atoms with Crippen molar-refractivity contribution in [2.24, 2.45) is 5.92 Å². The predicted molar refractivity (Wildman–Crippen MR) is 100 cm³/mol. The minimum Gasteiger partial charge on any atom is -0.495 e. The molecule has 2 aromatic carbocycles. The molecule has 0 bridgehead atoms. The van der Waals surface area contributed by atoms with E-state index in [4.69, 9.17) is 9.84 Å². The fourth-order valence-electron chi connectivity index (χ4n) is 3.12. The molecular weight excluding hydrogens is 367 g/mol. The lowest BCUT2D eigenvalue weighted by molar-refractivity contribution is -0.122. The van der Waals surface area contributed by atoms with E-state index in [1.807, 2.05) is 13.0 Å². The quantitative estimate of drug-likeness (QED) is 0.824. The van der Waals surface area contributed by atoms with Gasteiger partial charge in [-0.2, -0.15) is 0 Å². The molecule has 1 fully saturated rings. The lowest BCUT2D eigenvalue weighted by Crippen LogP contribution is -2.28. The van der Waals surface area contributed by atoms with E-state index in [0.717, 1.165) is 23.8 Å². The highest BCUT2D eigenvalue weighted by atomic mass is 19.1. The summed E-state index contributed by atoms with van der Waals surface area (Å²) in [5.74, 6) is -2.97. The van der Waals surface area contributed by atoms with Gasteiger partial charge in [-0.15, -0.1) is 0 Å². The van der Waals surface area contributed by atoms with Crippen LogP contribution < -0.4 is 15.0 Å². The zero-order valence-electron chi connectivity index (χ0n) is 15.4. The fraction of sp³-hybridized carbons (Fsp3) is 0.250. The number of nitrogens with one attached hydrogen (secondary N) is 1. The highest BCUT2D eigenvalue weighted by Crippen LogP contribution is 2.34. The summed E-state index contributed by atoms with van der Waals surface area (Å²) < 4.78 is 19.2. The number of carbonyl (C=O) groups is 3. The van der Waals surface area contributed by atoms with Gasteiger partial charge in [0.05, 0.1) is 30.0 Å². The molecule has 0 radical (unpaired) electrons. The van der Waals surface area contributed by atoms with Gasteiger partial charge in [0.25, 0.3) is 0 Å². The van der Waals surface area contributed by atoms with Crippen LogP contribution in [-0.4, -0.2) is 36.5 Å². The fourth-order valence-corrected chi connectivity index (χ4v) is 3.12. The van der Waals surface area contributed by atoms with Crippen LogP contribution in [0, 0.1) is 18.7 Å². The number of hydrogen-bond acceptors (Lipinski definition) is 4. The van der Waals surface area contributed by atoms with Gasteiger partial charge in [-0.05, 0) is 42.8 Å². The number of carbonyl (C=O) groups excluding carboxylic acids is 2. The first-order chi connectivity index (χ1) is 13.3. The number of nitrogens with zero attached hydrogens (tertiary/aromatic N) is 1. The van der Waals surface area contributed by atoms with Crippen LogP contribution in [0.5, 0.6) is 5.75 Å². The monoisotopic (exact) mass is 386 g/mol. The zero-order valence-corrected chi connectivity index (χ0v) is 15.4. The number of methoxy groups -OCH3 is 1. The number of hydrogen-bond donors (Lipinski definition) is 2. The van der Waals surface area contributed by atoms with E-state index in [1.54, 1.807) is 12.1 Å². The van der Waals surface area contributed by atoms with Crippen LogP contribution in [0.25, 0.3) is 0 Å². The third-order valence-electron chi connectivity index (χ3n) is 4.59. The molecule has 2 amide bonds. The second kappa shape index (κ2) is 7.67. The van der Waals surface area contributed by atoms with E-state index in [9.17, 15) is 18.8 Å². The number of carboxylic acid groups (broad SMARTS) is 1. The Hall–Kier alpha value is -3.42. The van der Waals surface area contributed by atoms with Gasteiger partial charge in [-0.25, -0.2) is 9.18 Å². The number of rotatable bonds is 5. The van der Waals surface area contributed by atoms with Crippen molar-refractivity contribution in [3.63, 3.8) is 0 Å². The molecular formula is C20H19FN2O5. The highest BCUT2D eigenvalue weighted by Gasteiger charge is 2.36. The van der Waals surface area contributed by atoms with E-state index < -0.39 is 23.6 Å². The van der Waals surface area contributed by atoms with Crippen LogP contribution in [0.3, 0.4) is 0 Å². The van der Waals surface area contributed by atoms with Gasteiger partial charge in [-0.3, -0.25) is 9.59 Å². The molecule has 0 aromatic heterocycles. The van der Waals surface area contributed by atoms with Crippen molar-refractivity contribution in [3.8, 4) is 5.75 Å². The minimum atomic E-state index is -1.23. The molecule has 146 valence electrons. The van der Waals surface area contributed by atoms with Crippen LogP contribution in [0.15, 0.2) is 36.4 Å². The summed E-state index contributed by atoms with van der Waals surface area (Å²) in [6, 6.07) is 8.53. The van der Waals surface area contributed by atoms with Gasteiger partial charge in [0.1, 0.15) is 11.6 Å². The van der Waals surface area contributed by atoms with Crippen LogP contribution >= 0.6 is 0 Å². The summed E-state index contributed by atoms with van der Waals surface area (Å²) >= 11 is 0. The summed E-state index contributed by atoms with van der Waals surface area (Å²) in [6.07, 6.45) is -0.0385. The Bertz CT molecular complexity index is 960. The van der Waals surface area contributed by atoms with Gasteiger partial charge in [0, 0.05) is 13.0 Å². The number of benzene rings is 2. The Labute approximate surface area is 160 Å². The lowest BCUT2D eigenvalue weighted by Gasteiger charge is -2.20. The molecule has 8 heteroatoms. The first-order valence-corrected chi connectivity index (χ1v) is 8.59. The summed E-state index contributed by atoms with van der Waals surface area (Å²) in [5.41, 5.74) is 1.13. The number of anilines is 2. The SMILES string of the molecule is COc1ccc(C)cc1N1CC(C(=O)Nc2cc(C(=O)O)ccc2F)CC1=O. The first kappa shape index (κ1) is 19.3. The Morgan fingerprint density at radius 1 is 1.25 bits per heavy atom. The molecule has 1 heterocycles. The van der Waals surface area contributed by atoms with E-state index in [0.29, 0.717) is 11.4 Å². The van der Waals surface area contributed by atoms with Crippen molar-refractivity contribution < 1.29 is 28.6 Å². The van der Waals surface area contributed by atoms with Gasteiger partial charge in [0.15, 0.2) is 0 Å². The Balaban J connectivity index is 1.79. The maximum absolute atomic E-state index is 13.9. The molecule has 1 saturated heterocycles. The van der Waals surface area contributed by atoms with Crippen molar-refractivity contribution in [1.29, 1.82) is 0 Å². The number of amides is 2. The minimum absolute atomic E-state index is 0.0385. The molecule has 0 spiro atoms. The molecule has 0 saturated carbocycles. The molecule has 2 aromatic rings. The van der Waals surface area contributed by atoms with Crippen LogP contribution in [0.1, 0.15) is 22.3 Å². The van der Waals surface area contributed by atoms with Crippen LogP contribution in [0.4, 0.5) is 15.8 Å². The molecule has 0 aliphatic carbocycles. The maximum atomic E-state index is 13.9. The Morgan fingerprint density at radius 3 is 2.68 bits per heavy atom. The molecule has 3 rings (SSSR count). The van der Waals surface area contributed by atoms with Crippen molar-refractivity contribution in [2.75, 3.05) is 23.9 Å². The second-order valence-electron chi connectivity index (χ2n) is 6.57. The van der Waals surface area contributed by atoms with Crippen molar-refractivity contribution in [1.82, 2.24) is 0 Å². The molecule has 1 unspecified atom stereocenters. The number of aryl methyl sites for hydroxylation is 1. The molecule has 1 aliphatic heterocycles. The average Bonchev–Trinajstić information content (AvgIpc) is 3.05. The summed E-state index contributed by atoms with van der Waals surface area (Å²) in [7, 11) is 1.50. The van der Waals surface area contributed by atoms with Gasteiger partial charge >= 0.3 is 5.97 Å². The lowest BCUT2D eigenvalue weighted by atomic mass is 10.1. The third-order valence-corrected chi connectivity index (χ3v) is 4.59. The van der Waals surface area contributed by atoms with Crippen LogP contribution in [-0.2, 0) is 9.59 Å². The number of aromatic carboxylic acids is 1. The number of ether oxygens (including phenoxy) is 1. The second-order valence-corrected chi connectivity index (χ2v) is 6.57. The standard InChI is InChI=1S/C20H19FN2O5/c1-11-3-6-17(28-2)16(7-11)23-10-13(9-18(23)24)19(25)22-15-8-12(20(26)27)4-5-14(15)21/h3-8,13H,9-10H2,1-2H3,(H,22,25)(H,26,27). The Morgan fingerprint density at radius 2 is 2.00 bits per heavy atom. The highest BCUT2D eigenvalue weighted by molar-refractivity contribution is 6.04. The number of carboxylic acids is 1. The van der Waals surface area contributed by atoms with Crippen molar-refractivity contribution in [2.45, 2.75) is 13.3 Å². The molecule has 1 atom stereocenters. The van der Waals surface area contributed by atoms with E-state index in [1.165, 1.54) is 12.0 Å². The summed E-state index contributed by atoms with van der Waals surface area (Å²) in [4.78, 5) is 37.5. The van der Waals surface area contributed by atoms with Crippen LogP contribution in [0.2, 0.25) is 0 Å². The van der Waals surface area contributed by atoms with E-state index in [-0.39, 0.29) is 30.1 Å². The first-order valence-electron chi connectivity index (χ1n) is 8.59. The van der Waals surface area contributed by atoms with Gasteiger partial charge < -0.3 is 20.1 Å². The predicted octanol–water partition coefficient (Wildman–Crippen LogP) is 2.83. The third kappa shape index (κ3) is 3.80.